The van der Waals surface area contributed by atoms with Crippen LogP contribution >= 0.6 is 0 Å². The number of hydrogen-bond acceptors (Lipinski definition) is 2. The van der Waals surface area contributed by atoms with Crippen LogP contribution in [0.15, 0.2) is 67.0 Å². The molecule has 20 heavy (non-hydrogen) atoms. The van der Waals surface area contributed by atoms with Gasteiger partial charge < -0.3 is 4.98 Å². The van der Waals surface area contributed by atoms with Gasteiger partial charge in [-0.2, -0.15) is 0 Å². The highest BCUT2D eigenvalue weighted by Crippen LogP contribution is 2.23. The summed E-state index contributed by atoms with van der Waals surface area (Å²) in [6, 6.07) is 19.4. The van der Waals surface area contributed by atoms with E-state index in [1.807, 2.05) is 42.5 Å². The van der Waals surface area contributed by atoms with E-state index in [2.05, 4.69) is 16.0 Å². The first-order valence-corrected chi connectivity index (χ1v) is 6.22. The van der Waals surface area contributed by atoms with E-state index in [1.54, 1.807) is 24.5 Å². The Morgan fingerprint density at radius 3 is 2.55 bits per heavy atom. The number of carbonyl (C=O) groups excluding carboxylic acids is 1. The van der Waals surface area contributed by atoms with E-state index < -0.39 is 0 Å². The van der Waals surface area contributed by atoms with Crippen molar-refractivity contribution < 1.29 is 4.79 Å². The van der Waals surface area contributed by atoms with Crippen molar-refractivity contribution in [3.8, 4) is 0 Å². The lowest BCUT2D eigenvalue weighted by Gasteiger charge is -2.20. The summed E-state index contributed by atoms with van der Waals surface area (Å²) in [5.74, 6) is 0.310. The third kappa shape index (κ3) is 2.31. The van der Waals surface area contributed by atoms with Crippen molar-refractivity contribution >= 4 is 17.5 Å². The second-order valence-electron chi connectivity index (χ2n) is 4.17. The molecule has 0 unspecified atom stereocenters. The molecule has 1 amide bonds. The normalized spacial score (nSPS) is 10.2. The molecule has 4 heteroatoms. The smallest absolute Gasteiger partial charge is 0.265 e. The monoisotopic (exact) mass is 262 g/mol. The second kappa shape index (κ2) is 5.40. The first-order valence-electron chi connectivity index (χ1n) is 6.22. The van der Waals surface area contributed by atoms with E-state index in [0.29, 0.717) is 11.5 Å². The van der Waals surface area contributed by atoms with Gasteiger partial charge in [-0.25, -0.2) is 9.88 Å². The summed E-state index contributed by atoms with van der Waals surface area (Å²) in [5.41, 5.74) is 1.25. The lowest BCUT2D eigenvalue weighted by atomic mass is 10.2. The zero-order valence-corrected chi connectivity index (χ0v) is 10.7. The van der Waals surface area contributed by atoms with Gasteiger partial charge >= 0.3 is 0 Å². The number of H-pyrrole nitrogens is 1. The molecule has 4 nitrogen and oxygen atoms in total. The number of hydrogen-bond donors (Lipinski definition) is 1. The number of para-hydroxylation sites is 1. The molecule has 3 aromatic rings. The maximum absolute atomic E-state index is 12.7. The highest BCUT2D eigenvalue weighted by atomic mass is 16.2. The van der Waals surface area contributed by atoms with Crippen LogP contribution in [0.5, 0.6) is 0 Å². The molecule has 3 rings (SSSR count). The average Bonchev–Trinajstić information content (AvgIpc) is 3.03. The molecule has 0 atom stereocenters. The zero-order chi connectivity index (χ0) is 13.8. The molecule has 0 saturated heterocycles. The molecule has 1 aromatic heterocycles. The Bertz CT molecular complexity index is 678. The number of anilines is 2. The molecule has 1 N–H and O–H groups in total. The molecular formula is C16H12N3O. The Morgan fingerprint density at radius 1 is 1.10 bits per heavy atom. The van der Waals surface area contributed by atoms with Gasteiger partial charge in [-0.15, -0.1) is 0 Å². The first-order chi connectivity index (χ1) is 9.86. The summed E-state index contributed by atoms with van der Waals surface area (Å²) < 4.78 is 0. The van der Waals surface area contributed by atoms with E-state index in [9.17, 15) is 4.79 Å². The van der Waals surface area contributed by atoms with Gasteiger partial charge in [0.1, 0.15) is 0 Å². The third-order valence-corrected chi connectivity index (χ3v) is 2.85. The molecule has 0 saturated carbocycles. The van der Waals surface area contributed by atoms with Gasteiger partial charge in [0.15, 0.2) is 0 Å². The van der Waals surface area contributed by atoms with Crippen molar-refractivity contribution in [2.75, 3.05) is 4.90 Å². The van der Waals surface area contributed by atoms with Crippen molar-refractivity contribution in [3.63, 3.8) is 0 Å². The molecule has 0 aliphatic rings. The largest absolute Gasteiger partial charge is 0.330 e. The Hall–Kier alpha value is -2.88. The predicted molar refractivity (Wildman–Crippen MR) is 76.8 cm³/mol. The van der Waals surface area contributed by atoms with E-state index in [1.165, 1.54) is 4.90 Å². The first kappa shape index (κ1) is 12.2. The number of rotatable bonds is 3. The van der Waals surface area contributed by atoms with Gasteiger partial charge in [0.05, 0.1) is 5.69 Å². The number of amides is 1. The molecule has 2 aromatic carbocycles. The SMILES string of the molecule is O=C(c1[c]cccc1)N(c1ccccc1)c1ncc[nH]1. The van der Waals surface area contributed by atoms with Crippen LogP contribution in [0, 0.1) is 6.07 Å². The molecule has 97 valence electrons. The number of nitrogens with one attached hydrogen (secondary N) is 1. The molecule has 0 aliphatic carbocycles. The molecular weight excluding hydrogens is 250 g/mol. The van der Waals surface area contributed by atoms with E-state index in [-0.39, 0.29) is 5.91 Å². The highest BCUT2D eigenvalue weighted by molar-refractivity contribution is 6.09. The molecule has 1 radical (unpaired) electrons. The summed E-state index contributed by atoms with van der Waals surface area (Å²) in [4.78, 5) is 21.4. The van der Waals surface area contributed by atoms with Gasteiger partial charge in [-0.05, 0) is 24.3 Å². The Kier molecular flexibility index (Phi) is 3.29. The minimum Gasteiger partial charge on any atom is -0.330 e. The lowest BCUT2D eigenvalue weighted by molar-refractivity contribution is 0.0998. The van der Waals surface area contributed by atoms with Crippen LogP contribution < -0.4 is 4.90 Å². The molecule has 0 spiro atoms. The Morgan fingerprint density at radius 2 is 1.90 bits per heavy atom. The number of aromatic amines is 1. The Labute approximate surface area is 116 Å². The molecule has 1 heterocycles. The molecule has 0 fully saturated rings. The summed E-state index contributed by atoms with van der Waals surface area (Å²) in [6.07, 6.45) is 3.31. The topological polar surface area (TPSA) is 49.0 Å². The highest BCUT2D eigenvalue weighted by Gasteiger charge is 2.21. The lowest BCUT2D eigenvalue weighted by Crippen LogP contribution is -2.26. The Balaban J connectivity index is 2.05. The number of aromatic nitrogens is 2. The number of benzene rings is 2. The van der Waals surface area contributed by atoms with Crippen LogP contribution in [-0.2, 0) is 0 Å². The van der Waals surface area contributed by atoms with E-state index >= 15 is 0 Å². The third-order valence-electron chi connectivity index (χ3n) is 2.85. The van der Waals surface area contributed by atoms with Gasteiger partial charge in [-0.1, -0.05) is 36.4 Å². The summed E-state index contributed by atoms with van der Waals surface area (Å²) in [5, 5.41) is 0. The van der Waals surface area contributed by atoms with Gasteiger partial charge in [0, 0.05) is 18.0 Å². The van der Waals surface area contributed by atoms with Gasteiger partial charge in [-0.3, -0.25) is 4.79 Å². The van der Waals surface area contributed by atoms with Crippen molar-refractivity contribution in [1.29, 1.82) is 0 Å². The van der Waals surface area contributed by atoms with E-state index in [0.717, 1.165) is 5.69 Å². The summed E-state index contributed by atoms with van der Waals surface area (Å²) in [6.45, 7) is 0. The second-order valence-corrected chi connectivity index (χ2v) is 4.17. The fraction of sp³-hybridized carbons (Fsp3) is 0. The van der Waals surface area contributed by atoms with Crippen LogP contribution in [-0.4, -0.2) is 15.9 Å². The fourth-order valence-corrected chi connectivity index (χ4v) is 1.94. The minimum absolute atomic E-state index is 0.174. The average molecular weight is 262 g/mol. The standard InChI is InChI=1S/C16H12N3O/c20-15(13-7-3-1-4-8-13)19(16-17-11-12-18-16)14-9-5-2-6-10-14/h1-7,9-12H,(H,17,18). The zero-order valence-electron chi connectivity index (χ0n) is 10.7. The van der Waals surface area contributed by atoms with Crippen molar-refractivity contribution in [1.82, 2.24) is 9.97 Å². The predicted octanol–water partition coefficient (Wildman–Crippen LogP) is 3.19. The van der Waals surface area contributed by atoms with Crippen LogP contribution in [0.1, 0.15) is 10.4 Å². The fourth-order valence-electron chi connectivity index (χ4n) is 1.94. The van der Waals surface area contributed by atoms with Crippen LogP contribution in [0.4, 0.5) is 11.6 Å². The van der Waals surface area contributed by atoms with Crippen LogP contribution in [0.2, 0.25) is 0 Å². The summed E-state index contributed by atoms with van der Waals surface area (Å²) in [7, 11) is 0. The molecule has 0 bridgehead atoms. The number of nitrogens with zero attached hydrogens (tertiary/aromatic N) is 2. The maximum Gasteiger partial charge on any atom is 0.265 e. The molecule has 0 aliphatic heterocycles. The number of imidazole rings is 1. The van der Waals surface area contributed by atoms with E-state index in [4.69, 9.17) is 0 Å². The van der Waals surface area contributed by atoms with Gasteiger partial charge in [0.25, 0.3) is 5.91 Å². The summed E-state index contributed by atoms with van der Waals surface area (Å²) >= 11 is 0. The van der Waals surface area contributed by atoms with Crippen molar-refractivity contribution in [2.45, 2.75) is 0 Å². The maximum atomic E-state index is 12.7. The van der Waals surface area contributed by atoms with Crippen LogP contribution in [0.3, 0.4) is 0 Å². The van der Waals surface area contributed by atoms with Crippen molar-refractivity contribution in [2.24, 2.45) is 0 Å². The number of carbonyl (C=O) groups is 1. The van der Waals surface area contributed by atoms with Gasteiger partial charge in [0.2, 0.25) is 5.95 Å². The van der Waals surface area contributed by atoms with Crippen molar-refractivity contribution in [3.05, 3.63) is 78.6 Å². The quantitative estimate of drug-likeness (QED) is 0.788. The van der Waals surface area contributed by atoms with Crippen LogP contribution in [0.25, 0.3) is 0 Å². The minimum atomic E-state index is -0.174.